The summed E-state index contributed by atoms with van der Waals surface area (Å²) in [6.45, 7) is 4.10. The third kappa shape index (κ3) is 4.28. The van der Waals surface area contributed by atoms with E-state index in [1.807, 2.05) is 6.92 Å². The zero-order valence-electron chi connectivity index (χ0n) is 10.8. The SMILES string of the molecule is CCCCCC(C)Oc1ccc(O)c(C(=O)O)c1. The lowest BCUT2D eigenvalue weighted by Gasteiger charge is -2.15. The molecule has 1 aromatic carbocycles. The fraction of sp³-hybridized carbons (Fsp3) is 0.500. The number of carbonyl (C=O) groups is 1. The molecule has 0 amide bonds. The molecule has 0 aliphatic carbocycles. The minimum absolute atomic E-state index is 0.0442. The Morgan fingerprint density at radius 2 is 2.11 bits per heavy atom. The van der Waals surface area contributed by atoms with Crippen LogP contribution in [0.3, 0.4) is 0 Å². The topological polar surface area (TPSA) is 66.8 Å². The predicted molar refractivity (Wildman–Crippen MR) is 69.3 cm³/mol. The molecule has 100 valence electrons. The van der Waals surface area contributed by atoms with Gasteiger partial charge < -0.3 is 14.9 Å². The van der Waals surface area contributed by atoms with E-state index >= 15 is 0 Å². The number of phenols is 1. The normalized spacial score (nSPS) is 12.1. The van der Waals surface area contributed by atoms with E-state index in [1.54, 1.807) is 6.07 Å². The van der Waals surface area contributed by atoms with Crippen molar-refractivity contribution in [2.45, 2.75) is 45.6 Å². The number of ether oxygens (including phenoxy) is 1. The predicted octanol–water partition coefficient (Wildman–Crippen LogP) is 3.44. The standard InChI is InChI=1S/C14H20O4/c1-3-4-5-6-10(2)18-11-7-8-13(15)12(9-11)14(16)17/h7-10,15H,3-6H2,1-2H3,(H,16,17). The van der Waals surface area contributed by atoms with E-state index in [2.05, 4.69) is 6.92 Å². The van der Waals surface area contributed by atoms with Crippen LogP contribution in [0.25, 0.3) is 0 Å². The second kappa shape index (κ2) is 6.89. The lowest BCUT2D eigenvalue weighted by Crippen LogP contribution is -2.12. The van der Waals surface area contributed by atoms with E-state index < -0.39 is 5.97 Å². The zero-order chi connectivity index (χ0) is 13.5. The number of hydrogen-bond donors (Lipinski definition) is 2. The van der Waals surface area contributed by atoms with E-state index in [0.717, 1.165) is 19.3 Å². The molecule has 1 unspecified atom stereocenters. The summed E-state index contributed by atoms with van der Waals surface area (Å²) in [4.78, 5) is 10.9. The van der Waals surface area contributed by atoms with Crippen LogP contribution in [-0.2, 0) is 0 Å². The van der Waals surface area contributed by atoms with Crippen molar-refractivity contribution in [3.05, 3.63) is 23.8 Å². The molecule has 0 aliphatic rings. The van der Waals surface area contributed by atoms with Crippen LogP contribution >= 0.6 is 0 Å². The van der Waals surface area contributed by atoms with Gasteiger partial charge in [-0.1, -0.05) is 19.8 Å². The van der Waals surface area contributed by atoms with Gasteiger partial charge in [0.05, 0.1) is 6.10 Å². The summed E-state index contributed by atoms with van der Waals surface area (Å²) in [5.74, 6) is -0.917. The van der Waals surface area contributed by atoms with Crippen molar-refractivity contribution in [2.75, 3.05) is 0 Å². The molecule has 0 bridgehead atoms. The first kappa shape index (κ1) is 14.4. The molecule has 1 aromatic rings. The summed E-state index contributed by atoms with van der Waals surface area (Å²) in [7, 11) is 0. The van der Waals surface area contributed by atoms with Crippen molar-refractivity contribution < 1.29 is 19.7 Å². The molecule has 0 spiro atoms. The number of aromatic hydroxyl groups is 1. The van der Waals surface area contributed by atoms with E-state index in [1.165, 1.54) is 18.6 Å². The van der Waals surface area contributed by atoms with Gasteiger partial charge in [0, 0.05) is 0 Å². The van der Waals surface area contributed by atoms with Gasteiger partial charge in [-0.2, -0.15) is 0 Å². The average molecular weight is 252 g/mol. The molecule has 1 atom stereocenters. The van der Waals surface area contributed by atoms with E-state index in [0.29, 0.717) is 5.75 Å². The number of hydrogen-bond acceptors (Lipinski definition) is 3. The largest absolute Gasteiger partial charge is 0.507 e. The number of unbranched alkanes of at least 4 members (excludes halogenated alkanes) is 2. The molecule has 18 heavy (non-hydrogen) atoms. The van der Waals surface area contributed by atoms with E-state index in [9.17, 15) is 9.90 Å². The van der Waals surface area contributed by atoms with Gasteiger partial charge in [-0.25, -0.2) is 4.79 Å². The highest BCUT2D eigenvalue weighted by Gasteiger charge is 2.12. The van der Waals surface area contributed by atoms with Crippen LogP contribution in [-0.4, -0.2) is 22.3 Å². The number of carboxylic acids is 1. The molecule has 1 rings (SSSR count). The summed E-state index contributed by atoms with van der Waals surface area (Å²) in [6.07, 6.45) is 4.42. The number of carboxylic acid groups (broad SMARTS) is 1. The Bertz CT molecular complexity index is 401. The third-order valence-electron chi connectivity index (χ3n) is 2.75. The van der Waals surface area contributed by atoms with E-state index in [4.69, 9.17) is 9.84 Å². The second-order valence-corrected chi connectivity index (χ2v) is 4.41. The molecule has 4 heteroatoms. The summed E-state index contributed by atoms with van der Waals surface area (Å²) < 4.78 is 5.63. The quantitative estimate of drug-likeness (QED) is 0.729. The molecule has 0 saturated heterocycles. The fourth-order valence-corrected chi connectivity index (χ4v) is 1.73. The van der Waals surface area contributed by atoms with Crippen LogP contribution in [0, 0.1) is 0 Å². The lowest BCUT2D eigenvalue weighted by atomic mass is 10.1. The molecular weight excluding hydrogens is 232 g/mol. The van der Waals surface area contributed by atoms with Gasteiger partial charge in [0.15, 0.2) is 0 Å². The summed E-state index contributed by atoms with van der Waals surface area (Å²) in [6, 6.07) is 4.28. The van der Waals surface area contributed by atoms with Crippen LogP contribution in [0.2, 0.25) is 0 Å². The van der Waals surface area contributed by atoms with Crippen molar-refractivity contribution in [1.82, 2.24) is 0 Å². The zero-order valence-corrected chi connectivity index (χ0v) is 10.8. The van der Waals surface area contributed by atoms with Crippen molar-refractivity contribution >= 4 is 5.97 Å². The Labute approximate surface area is 107 Å². The van der Waals surface area contributed by atoms with Gasteiger partial charge in [0.1, 0.15) is 17.1 Å². The maximum atomic E-state index is 10.9. The van der Waals surface area contributed by atoms with Crippen molar-refractivity contribution in [2.24, 2.45) is 0 Å². The highest BCUT2D eigenvalue weighted by Crippen LogP contribution is 2.24. The number of aromatic carboxylic acids is 1. The molecule has 0 saturated carbocycles. The Hall–Kier alpha value is -1.71. The van der Waals surface area contributed by atoms with Crippen molar-refractivity contribution in [3.63, 3.8) is 0 Å². The van der Waals surface area contributed by atoms with Gasteiger partial charge in [-0.3, -0.25) is 0 Å². The van der Waals surface area contributed by atoms with Crippen LogP contribution in [0.1, 0.15) is 49.9 Å². The van der Waals surface area contributed by atoms with Gasteiger partial charge in [-0.05, 0) is 38.0 Å². The van der Waals surface area contributed by atoms with Crippen LogP contribution in [0.15, 0.2) is 18.2 Å². The Balaban J connectivity index is 2.62. The molecule has 4 nitrogen and oxygen atoms in total. The maximum absolute atomic E-state index is 10.9. The van der Waals surface area contributed by atoms with Gasteiger partial charge in [-0.15, -0.1) is 0 Å². The lowest BCUT2D eigenvalue weighted by molar-refractivity contribution is 0.0692. The van der Waals surface area contributed by atoms with Gasteiger partial charge in [0.2, 0.25) is 0 Å². The first-order valence-corrected chi connectivity index (χ1v) is 6.27. The molecule has 0 radical (unpaired) electrons. The van der Waals surface area contributed by atoms with Gasteiger partial charge >= 0.3 is 5.97 Å². The van der Waals surface area contributed by atoms with Crippen molar-refractivity contribution in [3.8, 4) is 11.5 Å². The van der Waals surface area contributed by atoms with Crippen LogP contribution in [0.4, 0.5) is 0 Å². The summed E-state index contributed by atoms with van der Waals surface area (Å²) in [5, 5.41) is 18.3. The Morgan fingerprint density at radius 3 is 2.72 bits per heavy atom. The molecule has 0 fully saturated rings. The van der Waals surface area contributed by atoms with Crippen LogP contribution < -0.4 is 4.74 Å². The molecule has 0 heterocycles. The molecular formula is C14H20O4. The summed E-state index contributed by atoms with van der Waals surface area (Å²) in [5.41, 5.74) is -0.131. The first-order chi connectivity index (χ1) is 8.54. The minimum Gasteiger partial charge on any atom is -0.507 e. The maximum Gasteiger partial charge on any atom is 0.339 e. The Kier molecular flexibility index (Phi) is 5.49. The van der Waals surface area contributed by atoms with Crippen molar-refractivity contribution in [1.29, 1.82) is 0 Å². The third-order valence-corrected chi connectivity index (χ3v) is 2.75. The average Bonchev–Trinajstić information content (AvgIpc) is 2.31. The molecule has 2 N–H and O–H groups in total. The van der Waals surface area contributed by atoms with E-state index in [-0.39, 0.29) is 17.4 Å². The fourth-order valence-electron chi connectivity index (χ4n) is 1.73. The second-order valence-electron chi connectivity index (χ2n) is 4.41. The number of rotatable bonds is 7. The first-order valence-electron chi connectivity index (χ1n) is 6.27. The highest BCUT2D eigenvalue weighted by molar-refractivity contribution is 5.91. The molecule has 0 aromatic heterocycles. The summed E-state index contributed by atoms with van der Waals surface area (Å²) >= 11 is 0. The van der Waals surface area contributed by atoms with Crippen LogP contribution in [0.5, 0.6) is 11.5 Å². The molecule has 0 aliphatic heterocycles. The smallest absolute Gasteiger partial charge is 0.339 e. The highest BCUT2D eigenvalue weighted by atomic mass is 16.5. The number of benzene rings is 1. The minimum atomic E-state index is -1.16. The van der Waals surface area contributed by atoms with Gasteiger partial charge in [0.25, 0.3) is 0 Å². The Morgan fingerprint density at radius 1 is 1.39 bits per heavy atom. The monoisotopic (exact) mass is 252 g/mol.